The van der Waals surface area contributed by atoms with Gasteiger partial charge in [0.25, 0.3) is 0 Å². The van der Waals surface area contributed by atoms with Gasteiger partial charge in [-0.05, 0) is 0 Å². The summed E-state index contributed by atoms with van der Waals surface area (Å²) in [6, 6.07) is 0. The summed E-state index contributed by atoms with van der Waals surface area (Å²) in [5, 5.41) is 0. The third kappa shape index (κ3) is 71.7. The Kier molecular flexibility index (Phi) is 5.31. The second-order valence-electron chi connectivity index (χ2n) is 0.396. The van der Waals surface area contributed by atoms with E-state index in [1.54, 1.807) is 0 Å². The van der Waals surface area contributed by atoms with Crippen molar-refractivity contribution < 1.29 is 50.9 Å². The van der Waals surface area contributed by atoms with Crippen LogP contribution in [0.1, 0.15) is 0 Å². The van der Waals surface area contributed by atoms with Gasteiger partial charge in [-0.15, -0.1) is 0 Å². The zero-order valence-corrected chi connectivity index (χ0v) is 5.67. The molecule has 0 aromatic carbocycles. The summed E-state index contributed by atoms with van der Waals surface area (Å²) < 4.78 is 33.2. The van der Waals surface area contributed by atoms with E-state index >= 15 is 0 Å². The monoisotopic (exact) mass is 248 g/mol. The van der Waals surface area contributed by atoms with Crippen molar-refractivity contribution in [1.29, 1.82) is 0 Å². The Bertz CT molecular complexity index is 23.0. The summed E-state index contributed by atoms with van der Waals surface area (Å²) in [5.74, 6) is 0. The molecule has 6 heavy (non-hydrogen) atoms. The minimum absolute atomic E-state index is 0. The summed E-state index contributed by atoms with van der Waals surface area (Å²) >= 11 is -5.69. The minimum atomic E-state index is -5.69. The quantitative estimate of drug-likeness (QED) is 0.340. The van der Waals surface area contributed by atoms with E-state index in [9.17, 15) is 0 Å². The third-order valence-corrected chi connectivity index (χ3v) is 0. The molecule has 0 saturated carbocycles. The molecule has 4 nitrogen and oxygen atoms in total. The molecule has 0 amide bonds. The first-order chi connectivity index (χ1) is 2.00. The molecule has 0 heterocycles. The second kappa shape index (κ2) is 3.14. The third-order valence-electron chi connectivity index (χ3n) is 0. The molecular formula is HFeIO4+3. The Balaban J connectivity index is 0. The standard InChI is InChI=1S/Fe.HIO4/c;2-1(3,4)5/h;2H/q+3;. The van der Waals surface area contributed by atoms with Gasteiger partial charge in [-0.25, -0.2) is 0 Å². The Morgan fingerprint density at radius 3 is 1.17 bits per heavy atom. The molecule has 6 heteroatoms. The topological polar surface area (TPSA) is 89.4 Å². The summed E-state index contributed by atoms with van der Waals surface area (Å²) in [7, 11) is 0. The Morgan fingerprint density at radius 1 is 1.17 bits per heavy atom. The van der Waals surface area contributed by atoms with Crippen LogP contribution in [0.2, 0.25) is 0 Å². The molecule has 0 fully saturated rings. The predicted molar refractivity (Wildman–Crippen MR) is 2.22 cm³/mol. The van der Waals surface area contributed by atoms with Crippen LogP contribution in [-0.4, -0.2) is 3.44 Å². The van der Waals surface area contributed by atoms with Crippen LogP contribution in [-0.2, 0) is 17.1 Å². The zero-order valence-electron chi connectivity index (χ0n) is 2.40. The molecule has 0 aliphatic heterocycles. The number of hydrogen-bond donors (Lipinski definition) is 1. The van der Waals surface area contributed by atoms with Crippen LogP contribution in [0, 0.1) is 0 Å². The first-order valence-electron chi connectivity index (χ1n) is 0.632. The van der Waals surface area contributed by atoms with E-state index in [1.165, 1.54) is 0 Å². The SMILES string of the molecule is [Fe+3].[O-][I+3]([O-])([O-])O. The molecule has 0 spiro atoms. The second-order valence-corrected chi connectivity index (χ2v) is 2.66. The van der Waals surface area contributed by atoms with E-state index in [1.807, 2.05) is 0 Å². The normalized spacial score (nSPS) is 10.0. The maximum atomic E-state index is 8.73. The molecule has 0 unspecified atom stereocenters. The summed E-state index contributed by atoms with van der Waals surface area (Å²) in [6.07, 6.45) is 0. The van der Waals surface area contributed by atoms with Crippen molar-refractivity contribution in [2.45, 2.75) is 0 Å². The molecular weight excluding hydrogens is 247 g/mol. The molecule has 0 aromatic rings. The number of hydrogen-bond acceptors (Lipinski definition) is 4. The fourth-order valence-corrected chi connectivity index (χ4v) is 0. The molecule has 0 aliphatic carbocycles. The number of halogens is 1. The van der Waals surface area contributed by atoms with E-state index in [4.69, 9.17) is 13.7 Å². The smallest absolute Gasteiger partial charge is 0.256 e. The minimum Gasteiger partial charge on any atom is -0.256 e. The van der Waals surface area contributed by atoms with Crippen LogP contribution < -0.4 is 30.4 Å². The van der Waals surface area contributed by atoms with Gasteiger partial charge >= 0.3 is 37.2 Å². The zero-order chi connectivity index (χ0) is 4.50. The molecule has 0 saturated heterocycles. The van der Waals surface area contributed by atoms with Crippen molar-refractivity contribution in [2.75, 3.05) is 0 Å². The summed E-state index contributed by atoms with van der Waals surface area (Å²) in [5.41, 5.74) is 0. The van der Waals surface area contributed by atoms with Gasteiger partial charge in [0.05, 0.1) is 0 Å². The van der Waals surface area contributed by atoms with Crippen LogP contribution in [0.3, 0.4) is 0 Å². The largest absolute Gasteiger partial charge is 3.00 e. The van der Waals surface area contributed by atoms with Crippen molar-refractivity contribution in [2.24, 2.45) is 0 Å². The van der Waals surface area contributed by atoms with Gasteiger partial charge in [-0.3, -0.25) is 10.3 Å². The molecule has 0 atom stereocenters. The van der Waals surface area contributed by atoms with Crippen LogP contribution in [0.5, 0.6) is 0 Å². The number of rotatable bonds is 0. The van der Waals surface area contributed by atoms with E-state index in [0.29, 0.717) is 0 Å². The van der Waals surface area contributed by atoms with Gasteiger partial charge in [0, 0.05) is 3.44 Å². The molecule has 37 valence electrons. The molecule has 1 radical (unpaired) electrons. The fourth-order valence-electron chi connectivity index (χ4n) is 0. The van der Waals surface area contributed by atoms with Crippen molar-refractivity contribution in [3.8, 4) is 0 Å². The van der Waals surface area contributed by atoms with Gasteiger partial charge in [-0.2, -0.15) is 0 Å². The molecule has 0 rings (SSSR count). The molecule has 0 aromatic heterocycles. The molecule has 1 N–H and O–H groups in total. The Morgan fingerprint density at radius 2 is 1.17 bits per heavy atom. The maximum Gasteiger partial charge on any atom is 3.00 e. The first kappa shape index (κ1) is 10.1. The summed E-state index contributed by atoms with van der Waals surface area (Å²) in [4.78, 5) is 0. The molecule has 0 aliphatic rings. The van der Waals surface area contributed by atoms with Gasteiger partial charge in [0.15, 0.2) is 0 Å². The van der Waals surface area contributed by atoms with Crippen LogP contribution in [0.25, 0.3) is 0 Å². The molecule has 0 bridgehead atoms. The van der Waals surface area contributed by atoms with E-state index in [0.717, 1.165) is 0 Å². The first-order valence-corrected chi connectivity index (χ1v) is 4.24. The van der Waals surface area contributed by atoms with Gasteiger partial charge in [0.1, 0.15) is 0 Å². The van der Waals surface area contributed by atoms with Crippen LogP contribution in [0.15, 0.2) is 0 Å². The average Bonchev–Trinajstić information content (AvgIpc) is 0.722. The van der Waals surface area contributed by atoms with E-state index in [-0.39, 0.29) is 17.1 Å². The van der Waals surface area contributed by atoms with Crippen molar-refractivity contribution in [3.05, 3.63) is 0 Å². The fraction of sp³-hybridized carbons (Fsp3) is 0. The van der Waals surface area contributed by atoms with Crippen LogP contribution >= 0.6 is 0 Å². The van der Waals surface area contributed by atoms with Crippen LogP contribution in [0.4, 0.5) is 0 Å². The van der Waals surface area contributed by atoms with Gasteiger partial charge < -0.3 is 0 Å². The van der Waals surface area contributed by atoms with E-state index in [2.05, 4.69) is 0 Å². The summed E-state index contributed by atoms with van der Waals surface area (Å²) in [6.45, 7) is 0. The van der Waals surface area contributed by atoms with Crippen molar-refractivity contribution >= 4 is 0 Å². The maximum absolute atomic E-state index is 8.73. The van der Waals surface area contributed by atoms with Crippen molar-refractivity contribution in [3.63, 3.8) is 0 Å². The predicted octanol–water partition coefficient (Wildman–Crippen LogP) is -7.12. The Hall–Kier alpha value is 1.09. The van der Waals surface area contributed by atoms with E-state index < -0.39 is 20.1 Å². The van der Waals surface area contributed by atoms with Gasteiger partial charge in [-0.1, -0.05) is 0 Å². The van der Waals surface area contributed by atoms with Crippen molar-refractivity contribution in [1.82, 2.24) is 0 Å². The Labute approximate surface area is 51.0 Å². The average molecular weight is 248 g/mol. The van der Waals surface area contributed by atoms with Gasteiger partial charge in [0.2, 0.25) is 0 Å².